The first kappa shape index (κ1) is 17.9. The van der Waals surface area contributed by atoms with Crippen LogP contribution in [0.4, 0.5) is 0 Å². The van der Waals surface area contributed by atoms with E-state index in [0.717, 1.165) is 38.5 Å². The molecule has 130 valence electrons. The van der Waals surface area contributed by atoms with Crippen molar-refractivity contribution in [1.82, 2.24) is 0 Å². The van der Waals surface area contributed by atoms with Crippen molar-refractivity contribution < 1.29 is 28.5 Å². The van der Waals surface area contributed by atoms with E-state index in [0.29, 0.717) is 6.61 Å². The molecule has 2 aliphatic rings. The van der Waals surface area contributed by atoms with Gasteiger partial charge in [0.25, 0.3) is 0 Å². The summed E-state index contributed by atoms with van der Waals surface area (Å²) in [7, 11) is 0. The van der Waals surface area contributed by atoms with Crippen molar-refractivity contribution >= 4 is 11.9 Å². The lowest BCUT2D eigenvalue weighted by Crippen LogP contribution is -2.40. The van der Waals surface area contributed by atoms with E-state index in [1.807, 2.05) is 0 Å². The average molecular weight is 326 g/mol. The second-order valence-electron chi connectivity index (χ2n) is 6.41. The van der Waals surface area contributed by atoms with Crippen LogP contribution >= 0.6 is 0 Å². The zero-order valence-electron chi connectivity index (χ0n) is 13.9. The van der Waals surface area contributed by atoms with Crippen LogP contribution in [0, 0.1) is 0 Å². The van der Waals surface area contributed by atoms with Gasteiger partial charge in [-0.15, -0.1) is 0 Å². The van der Waals surface area contributed by atoms with Gasteiger partial charge in [0.2, 0.25) is 0 Å². The van der Waals surface area contributed by atoms with Gasteiger partial charge in [0, 0.05) is 0 Å². The number of rotatable bonds is 1. The van der Waals surface area contributed by atoms with E-state index in [1.165, 1.54) is 0 Å². The minimum absolute atomic E-state index is 0.330. The Bertz CT molecular complexity index is 444. The SMILES string of the molecule is C=CC1CCCCCCCOC(=O)[C@@H]2OC(C)(C)O[C@H]2C(=O)O1. The van der Waals surface area contributed by atoms with Crippen molar-refractivity contribution in [1.29, 1.82) is 0 Å². The van der Waals surface area contributed by atoms with Gasteiger partial charge in [0.05, 0.1) is 6.61 Å². The van der Waals surface area contributed by atoms with Crippen molar-refractivity contribution in [2.75, 3.05) is 6.61 Å². The number of hydrogen-bond acceptors (Lipinski definition) is 6. The van der Waals surface area contributed by atoms with Crippen LogP contribution in [0.25, 0.3) is 0 Å². The van der Waals surface area contributed by atoms with Crippen LogP contribution in [-0.4, -0.2) is 42.6 Å². The Labute approximate surface area is 137 Å². The summed E-state index contributed by atoms with van der Waals surface area (Å²) in [6.07, 6.45) is 4.64. The van der Waals surface area contributed by atoms with Crippen LogP contribution in [0.2, 0.25) is 0 Å². The van der Waals surface area contributed by atoms with E-state index in [2.05, 4.69) is 6.58 Å². The summed E-state index contributed by atoms with van der Waals surface area (Å²) in [6.45, 7) is 7.34. The number of carbonyl (C=O) groups excluding carboxylic acids is 2. The highest BCUT2D eigenvalue weighted by Crippen LogP contribution is 2.30. The van der Waals surface area contributed by atoms with Gasteiger partial charge < -0.3 is 18.9 Å². The van der Waals surface area contributed by atoms with E-state index in [9.17, 15) is 9.59 Å². The Morgan fingerprint density at radius 2 is 1.61 bits per heavy atom. The Kier molecular flexibility index (Phi) is 6.18. The van der Waals surface area contributed by atoms with E-state index in [4.69, 9.17) is 18.9 Å². The summed E-state index contributed by atoms with van der Waals surface area (Å²) in [6, 6.07) is 0. The standard InChI is InChI=1S/C17H26O6/c1-4-12-10-8-6-5-7-9-11-20-15(18)13-14(16(19)21-12)23-17(2,3)22-13/h4,12-14H,1,5-11H2,2-3H3/t12?,13-,14-/m1/s1. The fraction of sp³-hybridized carbons (Fsp3) is 0.765. The quantitative estimate of drug-likeness (QED) is 0.545. The van der Waals surface area contributed by atoms with Gasteiger partial charge in [0.1, 0.15) is 6.10 Å². The average Bonchev–Trinajstić information content (AvgIpc) is 2.83. The lowest BCUT2D eigenvalue weighted by Gasteiger charge is -2.19. The first-order valence-electron chi connectivity index (χ1n) is 8.28. The molecule has 0 saturated carbocycles. The molecule has 0 N–H and O–H groups in total. The number of fused-ring (bicyclic) bond motifs is 1. The second-order valence-corrected chi connectivity index (χ2v) is 6.41. The van der Waals surface area contributed by atoms with Gasteiger partial charge in [-0.05, 0) is 33.1 Å². The number of esters is 2. The number of cyclic esters (lactones) is 2. The van der Waals surface area contributed by atoms with E-state index < -0.39 is 29.9 Å². The van der Waals surface area contributed by atoms with Crippen molar-refractivity contribution in [2.24, 2.45) is 0 Å². The molecule has 2 rings (SSSR count). The number of hydrogen-bond donors (Lipinski definition) is 0. The third kappa shape index (κ3) is 5.04. The molecule has 0 aromatic rings. The lowest BCUT2D eigenvalue weighted by molar-refractivity contribution is -0.174. The monoisotopic (exact) mass is 326 g/mol. The normalized spacial score (nSPS) is 33.0. The molecule has 0 bridgehead atoms. The minimum Gasteiger partial charge on any atom is -0.464 e. The molecular formula is C17H26O6. The predicted octanol–water partition coefficient (Wildman–Crippen LogP) is 2.50. The molecule has 0 aromatic heterocycles. The molecule has 2 fully saturated rings. The predicted molar refractivity (Wildman–Crippen MR) is 82.6 cm³/mol. The van der Waals surface area contributed by atoms with Gasteiger partial charge in [-0.3, -0.25) is 0 Å². The lowest BCUT2D eigenvalue weighted by atomic mass is 10.1. The largest absolute Gasteiger partial charge is 0.464 e. The van der Waals surface area contributed by atoms with Gasteiger partial charge in [-0.25, -0.2) is 9.59 Å². The van der Waals surface area contributed by atoms with E-state index in [-0.39, 0.29) is 6.10 Å². The molecule has 2 heterocycles. The molecule has 2 saturated heterocycles. The maximum Gasteiger partial charge on any atom is 0.339 e. The number of ether oxygens (including phenoxy) is 4. The van der Waals surface area contributed by atoms with Gasteiger partial charge in [-0.2, -0.15) is 0 Å². The number of carbonyl (C=O) groups is 2. The topological polar surface area (TPSA) is 71.1 Å². The van der Waals surface area contributed by atoms with E-state index >= 15 is 0 Å². The smallest absolute Gasteiger partial charge is 0.339 e. The van der Waals surface area contributed by atoms with Gasteiger partial charge in [-0.1, -0.05) is 31.9 Å². The van der Waals surface area contributed by atoms with E-state index in [1.54, 1.807) is 19.9 Å². The zero-order valence-corrected chi connectivity index (χ0v) is 13.9. The molecule has 23 heavy (non-hydrogen) atoms. The van der Waals surface area contributed by atoms with Crippen LogP contribution in [-0.2, 0) is 28.5 Å². The highest BCUT2D eigenvalue weighted by Gasteiger charge is 2.51. The molecular weight excluding hydrogens is 300 g/mol. The molecule has 6 nitrogen and oxygen atoms in total. The van der Waals surface area contributed by atoms with Crippen molar-refractivity contribution in [3.63, 3.8) is 0 Å². The van der Waals surface area contributed by atoms with Crippen molar-refractivity contribution in [3.8, 4) is 0 Å². The fourth-order valence-corrected chi connectivity index (χ4v) is 2.78. The van der Waals surface area contributed by atoms with Crippen molar-refractivity contribution in [2.45, 2.75) is 76.5 Å². The Hall–Kier alpha value is -1.40. The molecule has 0 spiro atoms. The molecule has 3 atom stereocenters. The summed E-state index contributed by atoms with van der Waals surface area (Å²) in [5.74, 6) is -2.23. The Morgan fingerprint density at radius 3 is 2.30 bits per heavy atom. The molecule has 0 radical (unpaired) electrons. The maximum absolute atomic E-state index is 12.4. The van der Waals surface area contributed by atoms with Crippen LogP contribution in [0.15, 0.2) is 12.7 Å². The fourth-order valence-electron chi connectivity index (χ4n) is 2.78. The first-order valence-corrected chi connectivity index (χ1v) is 8.28. The van der Waals surface area contributed by atoms with Crippen LogP contribution in [0.5, 0.6) is 0 Å². The summed E-state index contributed by atoms with van der Waals surface area (Å²) >= 11 is 0. The van der Waals surface area contributed by atoms with Crippen molar-refractivity contribution in [3.05, 3.63) is 12.7 Å². The van der Waals surface area contributed by atoms with Gasteiger partial charge in [0.15, 0.2) is 18.0 Å². The summed E-state index contributed by atoms with van der Waals surface area (Å²) in [4.78, 5) is 24.6. The molecule has 0 aliphatic carbocycles. The molecule has 0 amide bonds. The third-order valence-electron chi connectivity index (χ3n) is 3.97. The highest BCUT2D eigenvalue weighted by atomic mass is 16.8. The zero-order chi connectivity index (χ0) is 16.9. The van der Waals surface area contributed by atoms with Crippen LogP contribution < -0.4 is 0 Å². The first-order chi connectivity index (χ1) is 10.9. The summed E-state index contributed by atoms with van der Waals surface area (Å²) in [5.41, 5.74) is 0. The maximum atomic E-state index is 12.4. The molecule has 0 aromatic carbocycles. The molecule has 6 heteroatoms. The van der Waals surface area contributed by atoms with Gasteiger partial charge >= 0.3 is 11.9 Å². The van der Waals surface area contributed by atoms with Crippen LogP contribution in [0.3, 0.4) is 0 Å². The molecule has 2 aliphatic heterocycles. The summed E-state index contributed by atoms with van der Waals surface area (Å²) in [5, 5.41) is 0. The third-order valence-corrected chi connectivity index (χ3v) is 3.97. The molecule has 1 unspecified atom stereocenters. The second kappa shape index (κ2) is 7.93. The summed E-state index contributed by atoms with van der Waals surface area (Å²) < 4.78 is 21.8. The highest BCUT2D eigenvalue weighted by molar-refractivity contribution is 5.86. The minimum atomic E-state index is -1.11. The Balaban J connectivity index is 2.12. The Morgan fingerprint density at radius 1 is 1.00 bits per heavy atom. The van der Waals surface area contributed by atoms with Crippen LogP contribution in [0.1, 0.15) is 52.4 Å².